The largest absolute Gasteiger partial charge is 0.467 e. The SMILES string of the molecule is COC(=O)[C@@H](Cc1ccc2ccccc2c1)NC(=O)C[C@H](O)CNC(=O)OCc1ccccc1. The third kappa shape index (κ3) is 7.60. The number of rotatable bonds is 10. The molecule has 3 aromatic rings. The first-order valence-electron chi connectivity index (χ1n) is 10.9. The van der Waals surface area contributed by atoms with E-state index < -0.39 is 30.1 Å². The fourth-order valence-electron chi connectivity index (χ4n) is 3.45. The van der Waals surface area contributed by atoms with Crippen LogP contribution in [0.15, 0.2) is 72.8 Å². The number of fused-ring (bicyclic) bond motifs is 1. The number of nitrogens with one attached hydrogen (secondary N) is 2. The normalized spacial score (nSPS) is 12.4. The Hall–Kier alpha value is -3.91. The van der Waals surface area contributed by atoms with Gasteiger partial charge in [0.1, 0.15) is 12.6 Å². The Labute approximate surface area is 197 Å². The van der Waals surface area contributed by atoms with Crippen molar-refractivity contribution in [1.29, 1.82) is 0 Å². The zero-order valence-electron chi connectivity index (χ0n) is 18.9. The van der Waals surface area contributed by atoms with Crippen molar-refractivity contribution < 1.29 is 29.0 Å². The summed E-state index contributed by atoms with van der Waals surface area (Å²) in [5.74, 6) is -1.12. The minimum absolute atomic E-state index is 0.0961. The number of esters is 1. The lowest BCUT2D eigenvalue weighted by atomic mass is 10.0. The molecule has 0 heterocycles. The third-order valence-electron chi connectivity index (χ3n) is 5.19. The molecule has 3 aromatic carbocycles. The lowest BCUT2D eigenvalue weighted by Crippen LogP contribution is -2.45. The summed E-state index contributed by atoms with van der Waals surface area (Å²) in [6.07, 6.45) is -1.91. The van der Waals surface area contributed by atoms with Crippen molar-refractivity contribution >= 4 is 28.7 Å². The fourth-order valence-corrected chi connectivity index (χ4v) is 3.45. The summed E-state index contributed by atoms with van der Waals surface area (Å²) in [7, 11) is 1.25. The number of benzene rings is 3. The van der Waals surface area contributed by atoms with E-state index in [2.05, 4.69) is 10.6 Å². The quantitative estimate of drug-likeness (QED) is 0.398. The Morgan fingerprint density at radius 1 is 0.912 bits per heavy atom. The summed E-state index contributed by atoms with van der Waals surface area (Å²) in [4.78, 5) is 36.5. The molecule has 178 valence electrons. The van der Waals surface area contributed by atoms with Gasteiger partial charge in [-0.1, -0.05) is 72.8 Å². The van der Waals surface area contributed by atoms with Crippen molar-refractivity contribution in [1.82, 2.24) is 10.6 Å². The van der Waals surface area contributed by atoms with Crippen molar-refractivity contribution in [2.24, 2.45) is 0 Å². The molecule has 0 aliphatic carbocycles. The van der Waals surface area contributed by atoms with E-state index in [0.717, 1.165) is 21.9 Å². The average molecular weight is 465 g/mol. The number of amides is 2. The summed E-state index contributed by atoms with van der Waals surface area (Å²) >= 11 is 0. The van der Waals surface area contributed by atoms with Crippen LogP contribution in [0.5, 0.6) is 0 Å². The standard InChI is InChI=1S/C26H28N2O6/c1-33-25(31)23(14-19-11-12-20-9-5-6-10-21(20)13-19)28-24(30)15-22(29)16-27-26(32)34-17-18-7-3-2-4-8-18/h2-13,22-23,29H,14-17H2,1H3,(H,27,32)(H,28,30)/t22-,23+/m0/s1. The maximum Gasteiger partial charge on any atom is 0.407 e. The number of methoxy groups -OCH3 is 1. The molecule has 0 radical (unpaired) electrons. The first kappa shape index (κ1) is 24.7. The number of aliphatic hydroxyl groups excluding tert-OH is 1. The molecule has 34 heavy (non-hydrogen) atoms. The van der Waals surface area contributed by atoms with E-state index in [4.69, 9.17) is 9.47 Å². The maximum absolute atomic E-state index is 12.4. The van der Waals surface area contributed by atoms with Crippen LogP contribution in [-0.4, -0.2) is 48.9 Å². The van der Waals surface area contributed by atoms with E-state index in [0.29, 0.717) is 0 Å². The molecular weight excluding hydrogens is 436 g/mol. The maximum atomic E-state index is 12.4. The van der Waals surface area contributed by atoms with Crippen LogP contribution in [0.25, 0.3) is 10.8 Å². The molecule has 0 bridgehead atoms. The Morgan fingerprint density at radius 3 is 2.35 bits per heavy atom. The molecule has 0 saturated heterocycles. The molecule has 2 amide bonds. The second-order valence-corrected chi connectivity index (χ2v) is 7.83. The molecule has 0 unspecified atom stereocenters. The molecule has 0 aromatic heterocycles. The van der Waals surface area contributed by atoms with Gasteiger partial charge in [0.15, 0.2) is 0 Å². The number of hydrogen-bond acceptors (Lipinski definition) is 6. The Morgan fingerprint density at radius 2 is 1.62 bits per heavy atom. The Bertz CT molecular complexity index is 1120. The lowest BCUT2D eigenvalue weighted by Gasteiger charge is -2.18. The molecule has 0 aliphatic heterocycles. The minimum atomic E-state index is -1.15. The first-order valence-corrected chi connectivity index (χ1v) is 10.9. The van der Waals surface area contributed by atoms with Crippen molar-refractivity contribution in [3.8, 4) is 0 Å². The van der Waals surface area contributed by atoms with Gasteiger partial charge in [-0.25, -0.2) is 9.59 Å². The van der Waals surface area contributed by atoms with Gasteiger partial charge in [-0.3, -0.25) is 4.79 Å². The molecular formula is C26H28N2O6. The van der Waals surface area contributed by atoms with Crippen LogP contribution in [0, 0.1) is 0 Å². The summed E-state index contributed by atoms with van der Waals surface area (Å²) in [5.41, 5.74) is 1.69. The van der Waals surface area contributed by atoms with E-state index in [1.165, 1.54) is 7.11 Å². The summed E-state index contributed by atoms with van der Waals surface area (Å²) in [6.45, 7) is -0.0759. The van der Waals surface area contributed by atoms with Gasteiger partial charge in [-0.15, -0.1) is 0 Å². The lowest BCUT2D eigenvalue weighted by molar-refractivity contribution is -0.145. The van der Waals surface area contributed by atoms with Gasteiger partial charge in [0, 0.05) is 13.0 Å². The highest BCUT2D eigenvalue weighted by atomic mass is 16.5. The van der Waals surface area contributed by atoms with Crippen molar-refractivity contribution in [3.63, 3.8) is 0 Å². The fraction of sp³-hybridized carbons (Fsp3) is 0.269. The van der Waals surface area contributed by atoms with Gasteiger partial charge in [-0.05, 0) is 21.9 Å². The minimum Gasteiger partial charge on any atom is -0.467 e. The van der Waals surface area contributed by atoms with Crippen LogP contribution in [0.2, 0.25) is 0 Å². The van der Waals surface area contributed by atoms with Crippen LogP contribution >= 0.6 is 0 Å². The molecule has 8 nitrogen and oxygen atoms in total. The monoisotopic (exact) mass is 464 g/mol. The topological polar surface area (TPSA) is 114 Å². The molecule has 3 rings (SSSR count). The molecule has 0 spiro atoms. The van der Waals surface area contributed by atoms with Gasteiger partial charge in [0.2, 0.25) is 5.91 Å². The van der Waals surface area contributed by atoms with E-state index in [1.54, 1.807) is 0 Å². The molecule has 8 heteroatoms. The smallest absolute Gasteiger partial charge is 0.407 e. The van der Waals surface area contributed by atoms with Crippen LogP contribution in [0.3, 0.4) is 0 Å². The van der Waals surface area contributed by atoms with E-state index in [1.807, 2.05) is 72.8 Å². The molecule has 0 fully saturated rings. The van der Waals surface area contributed by atoms with Gasteiger partial charge in [-0.2, -0.15) is 0 Å². The Kier molecular flexibility index (Phi) is 8.99. The predicted molar refractivity (Wildman–Crippen MR) is 127 cm³/mol. The Balaban J connectivity index is 1.47. The number of hydrogen-bond donors (Lipinski definition) is 3. The molecule has 2 atom stereocenters. The molecule has 3 N–H and O–H groups in total. The van der Waals surface area contributed by atoms with Gasteiger partial charge in [0.05, 0.1) is 19.6 Å². The van der Waals surface area contributed by atoms with Crippen LogP contribution in [0.4, 0.5) is 4.79 Å². The number of carbonyl (C=O) groups is 3. The first-order chi connectivity index (χ1) is 16.4. The third-order valence-corrected chi connectivity index (χ3v) is 5.19. The van der Waals surface area contributed by atoms with E-state index >= 15 is 0 Å². The van der Waals surface area contributed by atoms with Crippen LogP contribution < -0.4 is 10.6 Å². The number of carbonyl (C=O) groups excluding carboxylic acids is 3. The number of ether oxygens (including phenoxy) is 2. The van der Waals surface area contributed by atoms with Crippen LogP contribution in [-0.2, 0) is 32.1 Å². The molecule has 0 saturated carbocycles. The number of alkyl carbamates (subject to hydrolysis) is 1. The highest BCUT2D eigenvalue weighted by Crippen LogP contribution is 2.17. The van der Waals surface area contributed by atoms with E-state index in [-0.39, 0.29) is 26.0 Å². The highest BCUT2D eigenvalue weighted by Gasteiger charge is 2.23. The van der Waals surface area contributed by atoms with E-state index in [9.17, 15) is 19.5 Å². The van der Waals surface area contributed by atoms with Gasteiger partial charge >= 0.3 is 12.1 Å². The second-order valence-electron chi connectivity index (χ2n) is 7.83. The predicted octanol–water partition coefficient (Wildman–Crippen LogP) is 2.72. The van der Waals surface area contributed by atoms with Crippen molar-refractivity contribution in [2.45, 2.75) is 31.6 Å². The second kappa shape index (κ2) is 12.4. The molecule has 0 aliphatic rings. The average Bonchev–Trinajstić information content (AvgIpc) is 2.85. The summed E-state index contributed by atoms with van der Waals surface area (Å²) in [5, 5.41) is 17.3. The zero-order valence-corrected chi connectivity index (χ0v) is 18.9. The summed E-state index contributed by atoms with van der Waals surface area (Å²) in [6, 6.07) is 21.9. The summed E-state index contributed by atoms with van der Waals surface area (Å²) < 4.78 is 9.90. The van der Waals surface area contributed by atoms with Gasteiger partial charge < -0.3 is 25.2 Å². The van der Waals surface area contributed by atoms with Crippen LogP contribution in [0.1, 0.15) is 17.5 Å². The highest BCUT2D eigenvalue weighted by molar-refractivity contribution is 5.86. The zero-order chi connectivity index (χ0) is 24.3. The van der Waals surface area contributed by atoms with Gasteiger partial charge in [0.25, 0.3) is 0 Å². The van der Waals surface area contributed by atoms with Crippen molar-refractivity contribution in [2.75, 3.05) is 13.7 Å². The van der Waals surface area contributed by atoms with Crippen molar-refractivity contribution in [3.05, 3.63) is 83.9 Å². The number of aliphatic hydroxyl groups is 1.